The second-order valence-corrected chi connectivity index (χ2v) is 7.28. The summed E-state index contributed by atoms with van der Waals surface area (Å²) in [5, 5.41) is 18.6. The van der Waals surface area contributed by atoms with Crippen molar-refractivity contribution in [3.63, 3.8) is 0 Å². The van der Waals surface area contributed by atoms with E-state index < -0.39 is 17.4 Å². The van der Waals surface area contributed by atoms with Crippen LogP contribution in [0.5, 0.6) is 0 Å². The predicted molar refractivity (Wildman–Crippen MR) is 105 cm³/mol. The molecule has 0 aromatic carbocycles. The number of unbranched alkanes of at least 4 members (excludes halogenated alkanes) is 4. The molecule has 2 N–H and O–H groups in total. The van der Waals surface area contributed by atoms with Crippen molar-refractivity contribution in [1.82, 2.24) is 0 Å². The lowest BCUT2D eigenvalue weighted by molar-refractivity contribution is -0.165. The molecule has 4 nitrogen and oxygen atoms in total. The molecule has 0 aliphatic heterocycles. The fourth-order valence-electron chi connectivity index (χ4n) is 3.58. The maximum atomic E-state index is 11.4. The van der Waals surface area contributed by atoms with Gasteiger partial charge in [0.25, 0.3) is 0 Å². The molecule has 0 spiro atoms. The van der Waals surface area contributed by atoms with Crippen LogP contribution in [0.25, 0.3) is 0 Å². The molecule has 4 heteroatoms. The van der Waals surface area contributed by atoms with Gasteiger partial charge in [-0.1, -0.05) is 82.4 Å². The summed E-state index contributed by atoms with van der Waals surface area (Å²) in [6.45, 7) is 3.78. The van der Waals surface area contributed by atoms with Gasteiger partial charge in [0.15, 0.2) is 5.41 Å². The first-order chi connectivity index (χ1) is 12.4. The van der Waals surface area contributed by atoms with Crippen LogP contribution in [0.1, 0.15) is 78.1 Å². The maximum Gasteiger partial charge on any atom is 0.321 e. The Morgan fingerprint density at radius 3 is 2.12 bits per heavy atom. The first-order valence-electron chi connectivity index (χ1n) is 9.92. The van der Waals surface area contributed by atoms with Crippen LogP contribution in [0.15, 0.2) is 36.5 Å². The smallest absolute Gasteiger partial charge is 0.321 e. The van der Waals surface area contributed by atoms with Gasteiger partial charge in [0.1, 0.15) is 0 Å². The number of carboxylic acids is 2. The third kappa shape index (κ3) is 6.15. The molecule has 1 rings (SSSR count). The van der Waals surface area contributed by atoms with Crippen LogP contribution in [-0.4, -0.2) is 22.2 Å². The molecule has 0 radical (unpaired) electrons. The number of carbonyl (C=O) groups is 2. The average molecular weight is 363 g/mol. The summed E-state index contributed by atoms with van der Waals surface area (Å²) in [4.78, 5) is 22.7. The minimum Gasteiger partial charge on any atom is -0.480 e. The highest BCUT2D eigenvalue weighted by molar-refractivity contribution is 5.98. The van der Waals surface area contributed by atoms with E-state index in [1.807, 2.05) is 0 Å². The van der Waals surface area contributed by atoms with Crippen molar-refractivity contribution < 1.29 is 19.8 Å². The quantitative estimate of drug-likeness (QED) is 0.248. The number of hydrogen-bond acceptors (Lipinski definition) is 2. The molecule has 0 aromatic rings. The molecule has 0 unspecified atom stereocenters. The Balaban J connectivity index is 2.36. The third-order valence-electron chi connectivity index (χ3n) is 5.43. The second kappa shape index (κ2) is 11.0. The molecule has 0 fully saturated rings. The zero-order valence-corrected chi connectivity index (χ0v) is 16.2. The van der Waals surface area contributed by atoms with Crippen LogP contribution >= 0.6 is 0 Å². The van der Waals surface area contributed by atoms with E-state index >= 15 is 0 Å². The Labute approximate surface area is 157 Å². The molecule has 0 bridgehead atoms. The van der Waals surface area contributed by atoms with Gasteiger partial charge in [-0.2, -0.15) is 0 Å². The maximum absolute atomic E-state index is 11.4. The van der Waals surface area contributed by atoms with Crippen LogP contribution in [-0.2, 0) is 9.59 Å². The van der Waals surface area contributed by atoms with E-state index in [0.29, 0.717) is 6.42 Å². The van der Waals surface area contributed by atoms with Gasteiger partial charge in [0, 0.05) is 5.41 Å². The summed E-state index contributed by atoms with van der Waals surface area (Å²) in [6, 6.07) is 0. The van der Waals surface area contributed by atoms with Crippen molar-refractivity contribution >= 4 is 11.9 Å². The highest BCUT2D eigenvalue weighted by Gasteiger charge is 2.44. The second-order valence-electron chi connectivity index (χ2n) is 7.28. The summed E-state index contributed by atoms with van der Waals surface area (Å²) < 4.78 is 0. The number of allylic oxidation sites excluding steroid dienone is 6. The highest BCUT2D eigenvalue weighted by Crippen LogP contribution is 2.34. The fraction of sp³-hybridized carbons (Fsp3) is 0.636. The number of carboxylic acid groups (broad SMARTS) is 2. The standard InChI is InChI=1S/C22H34O4/c1-3-5-14-21(16-11-9-12-17-21)15-10-7-6-8-13-18-22(4-2,19(23)24)20(25)26/h5,11-12,14,16-17H,3-4,6-10,13,15,18H2,1-2H3,(H,23,24)(H,25,26)/b14-5-. The van der Waals surface area contributed by atoms with Crippen molar-refractivity contribution in [3.05, 3.63) is 36.5 Å². The van der Waals surface area contributed by atoms with E-state index in [0.717, 1.165) is 44.9 Å². The van der Waals surface area contributed by atoms with Gasteiger partial charge in [-0.3, -0.25) is 9.59 Å². The predicted octanol–water partition coefficient (Wildman–Crippen LogP) is 5.75. The van der Waals surface area contributed by atoms with E-state index in [1.54, 1.807) is 6.92 Å². The van der Waals surface area contributed by atoms with E-state index in [4.69, 9.17) is 0 Å². The van der Waals surface area contributed by atoms with E-state index in [9.17, 15) is 19.8 Å². The summed E-state index contributed by atoms with van der Waals surface area (Å²) in [5.74, 6) is -2.43. The SMILES string of the molecule is CC/C=C\C1(CCCCCCCC(CC)(C(=O)O)C(=O)O)C=CCC=C1. The Morgan fingerprint density at radius 2 is 1.58 bits per heavy atom. The molecule has 1 aliphatic rings. The zero-order chi connectivity index (χ0) is 19.5. The Hall–Kier alpha value is -1.84. The van der Waals surface area contributed by atoms with Crippen LogP contribution in [0.3, 0.4) is 0 Å². The molecule has 0 heterocycles. The molecule has 0 saturated heterocycles. The molecule has 0 amide bonds. The number of aliphatic carboxylic acids is 2. The van der Waals surface area contributed by atoms with E-state index in [1.165, 1.54) is 0 Å². The van der Waals surface area contributed by atoms with Gasteiger partial charge < -0.3 is 10.2 Å². The van der Waals surface area contributed by atoms with Crippen molar-refractivity contribution in [2.45, 2.75) is 78.1 Å². The van der Waals surface area contributed by atoms with Crippen LogP contribution < -0.4 is 0 Å². The summed E-state index contributed by atoms with van der Waals surface area (Å²) in [5.41, 5.74) is -1.56. The minimum atomic E-state index is -1.62. The van der Waals surface area contributed by atoms with Crippen LogP contribution in [0.4, 0.5) is 0 Å². The first-order valence-corrected chi connectivity index (χ1v) is 9.92. The summed E-state index contributed by atoms with van der Waals surface area (Å²) in [6.07, 6.45) is 21.8. The zero-order valence-electron chi connectivity index (χ0n) is 16.2. The van der Waals surface area contributed by atoms with Crippen molar-refractivity contribution in [2.24, 2.45) is 10.8 Å². The monoisotopic (exact) mass is 362 g/mol. The normalized spacial score (nSPS) is 16.2. The van der Waals surface area contributed by atoms with E-state index in [-0.39, 0.29) is 18.3 Å². The molecule has 146 valence electrons. The summed E-state index contributed by atoms with van der Waals surface area (Å²) >= 11 is 0. The molecular weight excluding hydrogens is 328 g/mol. The number of rotatable bonds is 13. The average Bonchev–Trinajstić information content (AvgIpc) is 2.63. The summed E-state index contributed by atoms with van der Waals surface area (Å²) in [7, 11) is 0. The van der Waals surface area contributed by atoms with Crippen LogP contribution in [0.2, 0.25) is 0 Å². The molecule has 1 aliphatic carbocycles. The van der Waals surface area contributed by atoms with Crippen LogP contribution in [0, 0.1) is 10.8 Å². The third-order valence-corrected chi connectivity index (χ3v) is 5.43. The Bertz CT molecular complexity index is 516. The highest BCUT2D eigenvalue weighted by atomic mass is 16.4. The molecule has 0 saturated carbocycles. The largest absolute Gasteiger partial charge is 0.480 e. The lowest BCUT2D eigenvalue weighted by Crippen LogP contribution is -2.38. The molecular formula is C22H34O4. The van der Waals surface area contributed by atoms with Gasteiger partial charge >= 0.3 is 11.9 Å². The topological polar surface area (TPSA) is 74.6 Å². The Morgan fingerprint density at radius 1 is 1.00 bits per heavy atom. The lowest BCUT2D eigenvalue weighted by atomic mass is 9.78. The lowest BCUT2D eigenvalue weighted by Gasteiger charge is -2.26. The fourth-order valence-corrected chi connectivity index (χ4v) is 3.58. The minimum absolute atomic E-state index is 0.0538. The molecule has 26 heavy (non-hydrogen) atoms. The molecule has 0 atom stereocenters. The number of hydrogen-bond donors (Lipinski definition) is 2. The van der Waals surface area contributed by atoms with Gasteiger partial charge in [-0.15, -0.1) is 0 Å². The molecule has 0 aromatic heterocycles. The van der Waals surface area contributed by atoms with Gasteiger partial charge in [-0.25, -0.2) is 0 Å². The Kier molecular flexibility index (Phi) is 9.39. The van der Waals surface area contributed by atoms with Gasteiger partial charge in [-0.05, 0) is 32.1 Å². The van der Waals surface area contributed by atoms with Gasteiger partial charge in [0.05, 0.1) is 0 Å². The van der Waals surface area contributed by atoms with E-state index in [2.05, 4.69) is 43.4 Å². The first kappa shape index (κ1) is 22.2. The van der Waals surface area contributed by atoms with Gasteiger partial charge in [0.2, 0.25) is 0 Å². The van der Waals surface area contributed by atoms with Crippen molar-refractivity contribution in [2.75, 3.05) is 0 Å². The van der Waals surface area contributed by atoms with Crippen molar-refractivity contribution in [1.29, 1.82) is 0 Å². The van der Waals surface area contributed by atoms with Crippen molar-refractivity contribution in [3.8, 4) is 0 Å².